The van der Waals surface area contributed by atoms with Crippen LogP contribution in [0.1, 0.15) is 114 Å². The van der Waals surface area contributed by atoms with Gasteiger partial charge in [0.2, 0.25) is 0 Å². The fraction of sp³-hybridized carbons (Fsp3) is 0.580. The van der Waals surface area contributed by atoms with E-state index in [9.17, 15) is 14.4 Å². The highest BCUT2D eigenvalue weighted by Crippen LogP contribution is 2.42. The maximum atomic E-state index is 14.7. The molecule has 4 heterocycles. The minimum atomic E-state index is -1.43. The summed E-state index contributed by atoms with van der Waals surface area (Å²) >= 11 is 0. The van der Waals surface area contributed by atoms with Gasteiger partial charge in [-0.1, -0.05) is 84.9 Å². The van der Waals surface area contributed by atoms with Gasteiger partial charge >= 0.3 is 12.1 Å². The zero-order valence-corrected chi connectivity index (χ0v) is 38.3. The number of benzene rings is 1. The molecule has 0 N–H and O–H groups in total. The largest absolute Gasteiger partial charge is 0.457 e. The molecule has 332 valence electrons. The van der Waals surface area contributed by atoms with Crippen LogP contribution >= 0.6 is 0 Å². The molecule has 0 spiro atoms. The van der Waals surface area contributed by atoms with Crippen molar-refractivity contribution in [1.82, 2.24) is 14.5 Å². The molecule has 1 unspecified atom stereocenters. The molecular weight excluding hydrogens is 771 g/mol. The number of imidazole rings is 1. The zero-order valence-electron chi connectivity index (χ0n) is 38.3. The highest BCUT2D eigenvalue weighted by Gasteiger charge is 2.49. The number of Topliss-reactive ketones (excluding diaryl/α,β-unsaturated/α-hetero) is 1. The van der Waals surface area contributed by atoms with Crippen LogP contribution in [0.15, 0.2) is 85.1 Å². The fourth-order valence-corrected chi connectivity index (χ4v) is 9.16. The molecule has 1 saturated heterocycles. The molecule has 2 aliphatic rings. The summed E-state index contributed by atoms with van der Waals surface area (Å²) < 4.78 is 34.2. The van der Waals surface area contributed by atoms with Crippen LogP contribution < -0.4 is 0 Å². The van der Waals surface area contributed by atoms with Crippen molar-refractivity contribution in [3.05, 3.63) is 90.7 Å². The Hall–Kier alpha value is -4.45. The average molecular weight is 840 g/mol. The zero-order chi connectivity index (χ0) is 44.6. The Morgan fingerprint density at radius 1 is 1.11 bits per heavy atom. The second-order valence-electron chi connectivity index (χ2n) is 18.2. The van der Waals surface area contributed by atoms with Gasteiger partial charge in [0, 0.05) is 35.8 Å². The number of rotatable bonds is 11. The summed E-state index contributed by atoms with van der Waals surface area (Å²) in [6, 6.07) is 10.1. The number of carbonyl (C=O) groups excluding carboxylic acids is 3. The number of hydrogen-bond acceptors (Lipinski definition) is 10. The number of cyclic esters (lactones) is 1. The second-order valence-corrected chi connectivity index (χ2v) is 18.2. The van der Waals surface area contributed by atoms with E-state index in [2.05, 4.69) is 57.2 Å². The van der Waals surface area contributed by atoms with E-state index in [1.54, 1.807) is 19.9 Å². The van der Waals surface area contributed by atoms with Crippen molar-refractivity contribution >= 4 is 34.8 Å². The van der Waals surface area contributed by atoms with Crippen molar-refractivity contribution in [3.63, 3.8) is 0 Å². The topological polar surface area (TPSA) is 128 Å². The van der Waals surface area contributed by atoms with Gasteiger partial charge in [-0.25, -0.2) is 14.3 Å². The van der Waals surface area contributed by atoms with Crippen molar-refractivity contribution < 1.29 is 38.1 Å². The minimum absolute atomic E-state index is 0.0399. The van der Waals surface area contributed by atoms with E-state index in [0.29, 0.717) is 24.7 Å². The second kappa shape index (κ2) is 20.6. The van der Waals surface area contributed by atoms with Gasteiger partial charge in [0.15, 0.2) is 17.7 Å². The molecule has 12 atom stereocenters. The van der Waals surface area contributed by atoms with Crippen molar-refractivity contribution in [1.29, 1.82) is 0 Å². The molecule has 11 heteroatoms. The standard InChI is InChI=1S/C50H69N3O8/c1-13-31(3)24-41-25-34(6)58-47(36(41)8)60-45-37(9)44(54)38(10)46(55)59-43(14-2)49(11,61-48(56)53-22-21-51-30-53)27-32(4)35(7)33(5)28-50(45,12)57-23-17-18-39-26-40-19-15-16-20-42(40)52-29-39/h15-22,26-27,29-31,33-34,36-38,41,43,45,47H,7,13-14,23-25,28H2,1-6,8-12H3/b18-17+,32-27+/t31?,33-,34-,36-,37+,38-,41+,43-,45-,47+,49+,50-/m1/s1. The fourth-order valence-electron chi connectivity index (χ4n) is 9.16. The van der Waals surface area contributed by atoms with Crippen LogP contribution in [-0.4, -0.2) is 74.8 Å². The number of fused-ring (bicyclic) bond motifs is 1. The van der Waals surface area contributed by atoms with Crippen LogP contribution in [0.4, 0.5) is 4.79 Å². The van der Waals surface area contributed by atoms with Crippen molar-refractivity contribution in [2.24, 2.45) is 35.5 Å². The molecule has 61 heavy (non-hydrogen) atoms. The van der Waals surface area contributed by atoms with Crippen LogP contribution in [-0.2, 0) is 33.3 Å². The monoisotopic (exact) mass is 840 g/mol. The number of pyridine rings is 1. The summed E-state index contributed by atoms with van der Waals surface area (Å²) in [5.41, 5.74) is 0.842. The van der Waals surface area contributed by atoms with E-state index in [0.717, 1.165) is 46.9 Å². The first-order valence-corrected chi connectivity index (χ1v) is 22.2. The van der Waals surface area contributed by atoms with Gasteiger partial charge < -0.3 is 23.7 Å². The van der Waals surface area contributed by atoms with E-state index in [1.807, 2.05) is 70.3 Å². The van der Waals surface area contributed by atoms with E-state index >= 15 is 0 Å². The maximum Gasteiger partial charge on any atom is 0.420 e. The minimum Gasteiger partial charge on any atom is -0.457 e. The van der Waals surface area contributed by atoms with Gasteiger partial charge in [-0.15, -0.1) is 0 Å². The first-order chi connectivity index (χ1) is 28.9. The number of ether oxygens (including phenoxy) is 5. The summed E-state index contributed by atoms with van der Waals surface area (Å²) in [7, 11) is 0. The molecule has 11 nitrogen and oxygen atoms in total. The van der Waals surface area contributed by atoms with Crippen LogP contribution in [0.5, 0.6) is 0 Å². The van der Waals surface area contributed by atoms with Crippen LogP contribution in [0, 0.1) is 35.5 Å². The van der Waals surface area contributed by atoms with E-state index in [4.69, 9.17) is 23.7 Å². The lowest BCUT2D eigenvalue weighted by atomic mass is 9.75. The number of para-hydroxylation sites is 1. The number of hydrogen-bond donors (Lipinski definition) is 0. The first-order valence-electron chi connectivity index (χ1n) is 22.2. The number of ketones is 1. The Balaban J connectivity index is 1.57. The highest BCUT2D eigenvalue weighted by atomic mass is 16.7. The summed E-state index contributed by atoms with van der Waals surface area (Å²) in [5, 5.41) is 1.04. The Morgan fingerprint density at radius 2 is 1.85 bits per heavy atom. The van der Waals surface area contributed by atoms with Crippen molar-refractivity contribution in [2.45, 2.75) is 144 Å². The van der Waals surface area contributed by atoms with Gasteiger partial charge in [-0.2, -0.15) is 0 Å². The third-order valence-electron chi connectivity index (χ3n) is 13.2. The van der Waals surface area contributed by atoms with Crippen molar-refractivity contribution in [2.75, 3.05) is 6.61 Å². The molecule has 0 amide bonds. The Labute approximate surface area is 363 Å². The first kappa shape index (κ1) is 47.6. The SMILES string of the molecule is C=C1/C(C)=C/[C@](C)(OC(=O)n2ccnc2)[C@@H](CC)OC(=O)[C@H](C)C(=O)[C@H](C)[C@@H](O[C@@H]2O[C@H](C)C[C@H](CC(C)CC)[C@H]2C)[C@](C)(OC/C=C/c2cnc3ccccc3c2)C[C@H]1C. The lowest BCUT2D eigenvalue weighted by molar-refractivity contribution is -0.283. The van der Waals surface area contributed by atoms with Crippen LogP contribution in [0.25, 0.3) is 17.0 Å². The normalized spacial score (nSPS) is 33.5. The molecule has 3 aromatic rings. The number of nitrogens with zero attached hydrogens (tertiary/aromatic N) is 3. The van der Waals surface area contributed by atoms with Gasteiger partial charge in [0.05, 0.1) is 29.9 Å². The van der Waals surface area contributed by atoms with Gasteiger partial charge in [0.1, 0.15) is 18.3 Å². The van der Waals surface area contributed by atoms with Gasteiger partial charge in [-0.3, -0.25) is 14.6 Å². The smallest absolute Gasteiger partial charge is 0.420 e. The number of carbonyl (C=O) groups is 3. The molecule has 1 aromatic carbocycles. The third-order valence-corrected chi connectivity index (χ3v) is 13.2. The Bertz CT molecular complexity index is 2040. The van der Waals surface area contributed by atoms with E-state index < -0.39 is 53.6 Å². The molecule has 2 aliphatic heterocycles. The van der Waals surface area contributed by atoms with Crippen LogP contribution in [0.2, 0.25) is 0 Å². The van der Waals surface area contributed by atoms with E-state index in [1.165, 1.54) is 23.3 Å². The lowest BCUT2D eigenvalue weighted by Crippen LogP contribution is -2.55. The number of allylic oxidation sites excluding steroid dienone is 2. The quantitative estimate of drug-likeness (QED) is 0.136. The van der Waals surface area contributed by atoms with Crippen molar-refractivity contribution in [3.8, 4) is 0 Å². The van der Waals surface area contributed by atoms with Gasteiger partial charge in [-0.05, 0) is 113 Å². The Kier molecular flexibility index (Phi) is 16.1. The predicted molar refractivity (Wildman–Crippen MR) is 238 cm³/mol. The molecule has 0 bridgehead atoms. The summed E-state index contributed by atoms with van der Waals surface area (Å²) in [6.07, 6.45) is 12.5. The predicted octanol–water partition coefficient (Wildman–Crippen LogP) is 10.6. The molecule has 0 saturated carbocycles. The number of esters is 1. The average Bonchev–Trinajstić information content (AvgIpc) is 3.79. The Morgan fingerprint density at radius 3 is 2.54 bits per heavy atom. The highest BCUT2D eigenvalue weighted by molar-refractivity contribution is 6.00. The van der Waals surface area contributed by atoms with Gasteiger partial charge in [0.25, 0.3) is 0 Å². The molecule has 5 rings (SSSR count). The molecule has 2 aromatic heterocycles. The van der Waals surface area contributed by atoms with E-state index in [-0.39, 0.29) is 30.3 Å². The summed E-state index contributed by atoms with van der Waals surface area (Å²) in [6.45, 7) is 26.4. The number of aromatic nitrogens is 3. The summed E-state index contributed by atoms with van der Waals surface area (Å²) in [5.74, 6) is -2.32. The molecule has 0 aliphatic carbocycles. The maximum absolute atomic E-state index is 14.7. The molecule has 0 radical (unpaired) electrons. The van der Waals surface area contributed by atoms with Crippen LogP contribution in [0.3, 0.4) is 0 Å². The summed E-state index contributed by atoms with van der Waals surface area (Å²) in [4.78, 5) is 50.9. The molecule has 1 fully saturated rings. The third kappa shape index (κ3) is 11.5. The lowest BCUT2D eigenvalue weighted by Gasteiger charge is -2.47. The molecular formula is C50H69N3O8.